The van der Waals surface area contributed by atoms with Crippen molar-refractivity contribution in [3.63, 3.8) is 0 Å². The molecule has 0 atom stereocenters. The van der Waals surface area contributed by atoms with E-state index in [9.17, 15) is 0 Å². The SMILES string of the molecule is CSCc1ccc2oc3ccccc3c2c1. The predicted octanol–water partition coefficient (Wildman–Crippen LogP) is 4.45. The standard InChI is InChI=1S/C14H12OS/c1-16-9-10-6-7-14-12(8-10)11-4-2-3-5-13(11)15-14/h2-8H,9H2,1H3. The number of hydrogen-bond donors (Lipinski definition) is 0. The first kappa shape index (κ1) is 9.79. The fourth-order valence-corrected chi connectivity index (χ4v) is 2.54. The molecule has 0 saturated heterocycles. The fourth-order valence-electron chi connectivity index (χ4n) is 2.03. The van der Waals surface area contributed by atoms with E-state index in [2.05, 4.69) is 36.6 Å². The summed E-state index contributed by atoms with van der Waals surface area (Å²) >= 11 is 1.84. The summed E-state index contributed by atoms with van der Waals surface area (Å²) in [6.07, 6.45) is 2.12. The van der Waals surface area contributed by atoms with Crippen molar-refractivity contribution in [1.82, 2.24) is 0 Å². The van der Waals surface area contributed by atoms with Crippen molar-refractivity contribution in [2.75, 3.05) is 6.26 Å². The molecule has 0 amide bonds. The molecule has 0 N–H and O–H groups in total. The lowest BCUT2D eigenvalue weighted by Crippen LogP contribution is -1.77. The normalized spacial score (nSPS) is 11.3. The summed E-state index contributed by atoms with van der Waals surface area (Å²) in [6.45, 7) is 0. The molecule has 2 aromatic carbocycles. The van der Waals surface area contributed by atoms with E-state index in [4.69, 9.17) is 4.42 Å². The molecule has 1 aromatic heterocycles. The first-order valence-corrected chi connectivity index (χ1v) is 6.67. The Morgan fingerprint density at radius 3 is 2.69 bits per heavy atom. The maximum Gasteiger partial charge on any atom is 0.135 e. The largest absolute Gasteiger partial charge is 0.456 e. The number of para-hydroxylation sites is 1. The molecule has 80 valence electrons. The zero-order valence-corrected chi connectivity index (χ0v) is 9.88. The van der Waals surface area contributed by atoms with Crippen molar-refractivity contribution < 1.29 is 4.42 Å². The second kappa shape index (κ2) is 3.87. The Morgan fingerprint density at radius 1 is 1.00 bits per heavy atom. The minimum Gasteiger partial charge on any atom is -0.456 e. The van der Waals surface area contributed by atoms with Gasteiger partial charge < -0.3 is 4.42 Å². The third-order valence-corrected chi connectivity index (χ3v) is 3.37. The molecule has 16 heavy (non-hydrogen) atoms. The van der Waals surface area contributed by atoms with Gasteiger partial charge in [-0.25, -0.2) is 0 Å². The quantitative estimate of drug-likeness (QED) is 0.643. The Bertz CT molecular complexity index is 639. The summed E-state index contributed by atoms with van der Waals surface area (Å²) < 4.78 is 5.78. The lowest BCUT2D eigenvalue weighted by molar-refractivity contribution is 0.669. The molecule has 0 saturated carbocycles. The molecule has 0 fully saturated rings. The van der Waals surface area contributed by atoms with Crippen LogP contribution in [0.2, 0.25) is 0 Å². The maximum atomic E-state index is 5.78. The van der Waals surface area contributed by atoms with Gasteiger partial charge in [0.2, 0.25) is 0 Å². The van der Waals surface area contributed by atoms with E-state index in [1.165, 1.54) is 16.3 Å². The Hall–Kier alpha value is -1.41. The van der Waals surface area contributed by atoms with Gasteiger partial charge in [-0.15, -0.1) is 0 Å². The molecular formula is C14H12OS. The van der Waals surface area contributed by atoms with Crippen LogP contribution in [0.5, 0.6) is 0 Å². The number of thioether (sulfide) groups is 1. The van der Waals surface area contributed by atoms with Crippen LogP contribution in [0.1, 0.15) is 5.56 Å². The molecule has 0 aliphatic carbocycles. The van der Waals surface area contributed by atoms with Crippen LogP contribution in [0.3, 0.4) is 0 Å². The van der Waals surface area contributed by atoms with Crippen LogP contribution in [-0.2, 0) is 5.75 Å². The molecule has 0 aliphatic rings. The van der Waals surface area contributed by atoms with Crippen LogP contribution in [-0.4, -0.2) is 6.26 Å². The Kier molecular flexibility index (Phi) is 2.37. The van der Waals surface area contributed by atoms with Crippen LogP contribution in [0.25, 0.3) is 21.9 Å². The van der Waals surface area contributed by atoms with Gasteiger partial charge in [0, 0.05) is 16.5 Å². The minimum absolute atomic E-state index is 0.971. The molecule has 2 heteroatoms. The van der Waals surface area contributed by atoms with E-state index in [0.29, 0.717) is 0 Å². The molecule has 1 nitrogen and oxygen atoms in total. The highest BCUT2D eigenvalue weighted by Crippen LogP contribution is 2.29. The molecule has 1 heterocycles. The summed E-state index contributed by atoms with van der Waals surface area (Å²) in [6, 6.07) is 14.6. The molecule has 0 bridgehead atoms. The minimum atomic E-state index is 0.971. The van der Waals surface area contributed by atoms with E-state index in [0.717, 1.165) is 16.9 Å². The number of furan rings is 1. The zero-order chi connectivity index (χ0) is 11.0. The lowest BCUT2D eigenvalue weighted by atomic mass is 10.1. The topological polar surface area (TPSA) is 13.1 Å². The third kappa shape index (κ3) is 1.50. The van der Waals surface area contributed by atoms with Crippen molar-refractivity contribution in [2.24, 2.45) is 0 Å². The Morgan fingerprint density at radius 2 is 1.81 bits per heavy atom. The smallest absolute Gasteiger partial charge is 0.135 e. The summed E-state index contributed by atoms with van der Waals surface area (Å²) in [5, 5.41) is 2.43. The van der Waals surface area contributed by atoms with Crippen molar-refractivity contribution >= 4 is 33.7 Å². The summed E-state index contributed by atoms with van der Waals surface area (Å²) in [5.41, 5.74) is 3.30. The van der Waals surface area contributed by atoms with Gasteiger partial charge in [-0.05, 0) is 30.0 Å². The van der Waals surface area contributed by atoms with E-state index in [1.807, 2.05) is 23.9 Å². The molecular weight excluding hydrogens is 216 g/mol. The molecule has 3 rings (SSSR count). The number of benzene rings is 2. The van der Waals surface area contributed by atoms with Crippen molar-refractivity contribution in [3.05, 3.63) is 48.0 Å². The Labute approximate surface area is 98.4 Å². The van der Waals surface area contributed by atoms with Crippen molar-refractivity contribution in [2.45, 2.75) is 5.75 Å². The van der Waals surface area contributed by atoms with Crippen LogP contribution >= 0.6 is 11.8 Å². The number of fused-ring (bicyclic) bond motifs is 3. The number of rotatable bonds is 2. The first-order chi connectivity index (χ1) is 7.88. The average molecular weight is 228 g/mol. The van der Waals surface area contributed by atoms with E-state index in [1.54, 1.807) is 0 Å². The van der Waals surface area contributed by atoms with E-state index >= 15 is 0 Å². The highest BCUT2D eigenvalue weighted by atomic mass is 32.2. The molecule has 0 radical (unpaired) electrons. The number of hydrogen-bond acceptors (Lipinski definition) is 2. The van der Waals surface area contributed by atoms with Gasteiger partial charge in [0.05, 0.1) is 0 Å². The van der Waals surface area contributed by atoms with Gasteiger partial charge in [-0.2, -0.15) is 11.8 Å². The fraction of sp³-hybridized carbons (Fsp3) is 0.143. The van der Waals surface area contributed by atoms with Crippen molar-refractivity contribution in [3.8, 4) is 0 Å². The highest BCUT2D eigenvalue weighted by molar-refractivity contribution is 7.97. The van der Waals surface area contributed by atoms with Crippen LogP contribution in [0.4, 0.5) is 0 Å². The molecule has 0 aliphatic heterocycles. The van der Waals surface area contributed by atoms with Gasteiger partial charge in [-0.3, -0.25) is 0 Å². The lowest BCUT2D eigenvalue weighted by Gasteiger charge is -1.97. The molecule has 0 unspecified atom stereocenters. The van der Waals surface area contributed by atoms with Gasteiger partial charge in [-0.1, -0.05) is 24.3 Å². The van der Waals surface area contributed by atoms with E-state index in [-0.39, 0.29) is 0 Å². The van der Waals surface area contributed by atoms with Gasteiger partial charge in [0.15, 0.2) is 0 Å². The third-order valence-electron chi connectivity index (χ3n) is 2.75. The summed E-state index contributed by atoms with van der Waals surface area (Å²) in [5.74, 6) is 1.05. The van der Waals surface area contributed by atoms with Crippen LogP contribution in [0, 0.1) is 0 Å². The van der Waals surface area contributed by atoms with Crippen LogP contribution < -0.4 is 0 Å². The zero-order valence-electron chi connectivity index (χ0n) is 9.07. The first-order valence-electron chi connectivity index (χ1n) is 5.27. The second-order valence-electron chi connectivity index (χ2n) is 3.86. The second-order valence-corrected chi connectivity index (χ2v) is 4.73. The van der Waals surface area contributed by atoms with Crippen molar-refractivity contribution in [1.29, 1.82) is 0 Å². The maximum absolute atomic E-state index is 5.78. The molecule has 3 aromatic rings. The van der Waals surface area contributed by atoms with Crippen LogP contribution in [0.15, 0.2) is 46.9 Å². The highest BCUT2D eigenvalue weighted by Gasteiger charge is 2.06. The Balaban J connectivity index is 2.31. The predicted molar refractivity (Wildman–Crippen MR) is 70.9 cm³/mol. The summed E-state index contributed by atoms with van der Waals surface area (Å²) in [7, 11) is 0. The van der Waals surface area contributed by atoms with Gasteiger partial charge in [0.25, 0.3) is 0 Å². The summed E-state index contributed by atoms with van der Waals surface area (Å²) in [4.78, 5) is 0. The van der Waals surface area contributed by atoms with Gasteiger partial charge >= 0.3 is 0 Å². The van der Waals surface area contributed by atoms with Gasteiger partial charge in [0.1, 0.15) is 11.2 Å². The molecule has 0 spiro atoms. The monoisotopic (exact) mass is 228 g/mol. The average Bonchev–Trinajstić information content (AvgIpc) is 2.68. The van der Waals surface area contributed by atoms with E-state index < -0.39 is 0 Å².